The Bertz CT molecular complexity index is 1000. The fourth-order valence-corrected chi connectivity index (χ4v) is 3.67. The second kappa shape index (κ2) is 8.67. The summed E-state index contributed by atoms with van der Waals surface area (Å²) in [7, 11) is 1.36. The van der Waals surface area contributed by atoms with Crippen LogP contribution in [0.2, 0.25) is 0 Å². The quantitative estimate of drug-likeness (QED) is 0.393. The number of nitrogens with one attached hydrogen (secondary N) is 1. The van der Waals surface area contributed by atoms with Gasteiger partial charge in [-0.1, -0.05) is 6.07 Å². The van der Waals surface area contributed by atoms with Crippen LogP contribution >= 0.6 is 11.3 Å². The molecule has 2 aromatic heterocycles. The Morgan fingerprint density at radius 3 is 2.61 bits per heavy atom. The van der Waals surface area contributed by atoms with E-state index in [1.165, 1.54) is 7.11 Å². The SMILES string of the molecule is COC(=O)c1ccc(-n2c(C)cc(/C=N\NC(=O)Cc3cccs3)c2C)cc1. The largest absolute Gasteiger partial charge is 0.465 e. The molecule has 0 spiro atoms. The van der Waals surface area contributed by atoms with Crippen LogP contribution in [0.25, 0.3) is 5.69 Å². The average Bonchev–Trinajstić information content (AvgIpc) is 3.29. The third-order valence-corrected chi connectivity index (χ3v) is 5.20. The van der Waals surface area contributed by atoms with Gasteiger partial charge in [-0.05, 0) is 55.6 Å². The molecule has 0 radical (unpaired) electrons. The van der Waals surface area contributed by atoms with Crippen LogP contribution in [0, 0.1) is 13.8 Å². The summed E-state index contributed by atoms with van der Waals surface area (Å²) in [4.78, 5) is 24.5. The highest BCUT2D eigenvalue weighted by atomic mass is 32.1. The molecule has 1 aromatic carbocycles. The van der Waals surface area contributed by atoms with Gasteiger partial charge in [0.05, 0.1) is 25.3 Å². The first-order valence-corrected chi connectivity index (χ1v) is 9.59. The molecule has 0 atom stereocenters. The summed E-state index contributed by atoms with van der Waals surface area (Å²) in [6.07, 6.45) is 1.97. The molecular weight excluding hydrogens is 374 g/mol. The molecule has 0 unspecified atom stereocenters. The van der Waals surface area contributed by atoms with Gasteiger partial charge >= 0.3 is 5.97 Å². The van der Waals surface area contributed by atoms with Gasteiger partial charge in [-0.25, -0.2) is 10.2 Å². The van der Waals surface area contributed by atoms with Gasteiger partial charge in [0.15, 0.2) is 0 Å². The Morgan fingerprint density at radius 2 is 1.96 bits per heavy atom. The maximum Gasteiger partial charge on any atom is 0.337 e. The minimum atomic E-state index is -0.362. The van der Waals surface area contributed by atoms with Gasteiger partial charge in [0.25, 0.3) is 0 Å². The lowest BCUT2D eigenvalue weighted by Gasteiger charge is -2.10. The molecule has 0 saturated carbocycles. The van der Waals surface area contributed by atoms with E-state index in [4.69, 9.17) is 4.74 Å². The van der Waals surface area contributed by atoms with Crippen LogP contribution in [-0.4, -0.2) is 29.8 Å². The fourth-order valence-electron chi connectivity index (χ4n) is 2.96. The number of hydrazone groups is 1. The topological polar surface area (TPSA) is 72.7 Å². The number of thiophene rings is 1. The number of rotatable bonds is 6. The molecule has 3 rings (SSSR count). The van der Waals surface area contributed by atoms with E-state index in [1.54, 1.807) is 29.7 Å². The van der Waals surface area contributed by atoms with Gasteiger partial charge in [-0.3, -0.25) is 4.79 Å². The summed E-state index contributed by atoms with van der Waals surface area (Å²) in [5, 5.41) is 6.03. The normalized spacial score (nSPS) is 11.0. The molecule has 0 aliphatic rings. The molecule has 3 aromatic rings. The third-order valence-electron chi connectivity index (χ3n) is 4.32. The molecule has 0 bridgehead atoms. The van der Waals surface area contributed by atoms with Crippen molar-refractivity contribution >= 4 is 29.4 Å². The van der Waals surface area contributed by atoms with E-state index in [2.05, 4.69) is 15.1 Å². The van der Waals surface area contributed by atoms with Crippen LogP contribution in [0.3, 0.4) is 0 Å². The number of hydrogen-bond donors (Lipinski definition) is 1. The number of hydrogen-bond acceptors (Lipinski definition) is 5. The number of aromatic nitrogens is 1. The van der Waals surface area contributed by atoms with Crippen molar-refractivity contribution in [1.82, 2.24) is 9.99 Å². The number of nitrogens with zero attached hydrogens (tertiary/aromatic N) is 2. The average molecular weight is 395 g/mol. The Balaban J connectivity index is 1.72. The molecule has 0 aliphatic carbocycles. The minimum absolute atomic E-state index is 0.147. The van der Waals surface area contributed by atoms with E-state index in [9.17, 15) is 9.59 Å². The Kier molecular flexibility index (Phi) is 6.06. The number of methoxy groups -OCH3 is 1. The van der Waals surface area contributed by atoms with Gasteiger partial charge in [0.2, 0.25) is 5.91 Å². The van der Waals surface area contributed by atoms with Crippen LogP contribution < -0.4 is 5.43 Å². The second-order valence-corrected chi connectivity index (χ2v) is 7.28. The van der Waals surface area contributed by atoms with Crippen LogP contribution in [-0.2, 0) is 16.0 Å². The van der Waals surface area contributed by atoms with Gasteiger partial charge in [-0.2, -0.15) is 5.10 Å². The van der Waals surface area contributed by atoms with Crippen molar-refractivity contribution < 1.29 is 14.3 Å². The molecule has 7 heteroatoms. The maximum absolute atomic E-state index is 11.9. The van der Waals surface area contributed by atoms with Crippen LogP contribution in [0.15, 0.2) is 52.9 Å². The number of carbonyl (C=O) groups is 2. The smallest absolute Gasteiger partial charge is 0.337 e. The number of esters is 1. The van der Waals surface area contributed by atoms with Crippen LogP contribution in [0.5, 0.6) is 0 Å². The molecule has 0 fully saturated rings. The first kappa shape index (κ1) is 19.6. The van der Waals surface area contributed by atoms with Crippen LogP contribution in [0.1, 0.15) is 32.2 Å². The lowest BCUT2D eigenvalue weighted by atomic mass is 10.2. The maximum atomic E-state index is 11.9. The standard InChI is InChI=1S/C21H21N3O3S/c1-14-11-17(13-22-23-20(25)12-19-5-4-10-28-19)15(2)24(14)18-8-6-16(7-9-18)21(26)27-3/h4-11,13H,12H2,1-3H3,(H,23,25)/b22-13-. The van der Waals surface area contributed by atoms with E-state index in [0.29, 0.717) is 12.0 Å². The van der Waals surface area contributed by atoms with Crippen molar-refractivity contribution in [3.63, 3.8) is 0 Å². The summed E-state index contributed by atoms with van der Waals surface area (Å²) < 4.78 is 6.80. The summed E-state index contributed by atoms with van der Waals surface area (Å²) in [6.45, 7) is 3.98. The van der Waals surface area contributed by atoms with Crippen molar-refractivity contribution in [2.24, 2.45) is 5.10 Å². The first-order chi connectivity index (χ1) is 13.5. The van der Waals surface area contributed by atoms with E-state index in [0.717, 1.165) is 27.5 Å². The van der Waals surface area contributed by atoms with Crippen molar-refractivity contribution in [2.75, 3.05) is 7.11 Å². The Morgan fingerprint density at radius 1 is 1.21 bits per heavy atom. The third kappa shape index (κ3) is 4.37. The summed E-state index contributed by atoms with van der Waals surface area (Å²) in [5.41, 5.74) is 6.92. The minimum Gasteiger partial charge on any atom is -0.465 e. The zero-order valence-electron chi connectivity index (χ0n) is 15.9. The Labute approximate surface area is 167 Å². The summed E-state index contributed by atoms with van der Waals surface area (Å²) >= 11 is 1.55. The van der Waals surface area contributed by atoms with E-state index < -0.39 is 0 Å². The van der Waals surface area contributed by atoms with E-state index in [1.807, 2.05) is 49.6 Å². The molecular formula is C21H21N3O3S. The fraction of sp³-hybridized carbons (Fsp3) is 0.190. The Hall–Kier alpha value is -3.19. The zero-order chi connectivity index (χ0) is 20.1. The number of ether oxygens (including phenoxy) is 1. The predicted molar refractivity (Wildman–Crippen MR) is 110 cm³/mol. The molecule has 0 saturated heterocycles. The van der Waals surface area contributed by atoms with Crippen molar-refractivity contribution in [2.45, 2.75) is 20.3 Å². The monoisotopic (exact) mass is 395 g/mol. The lowest BCUT2D eigenvalue weighted by molar-refractivity contribution is -0.120. The van der Waals surface area contributed by atoms with Crippen molar-refractivity contribution in [3.8, 4) is 5.69 Å². The van der Waals surface area contributed by atoms with Crippen molar-refractivity contribution in [1.29, 1.82) is 0 Å². The zero-order valence-corrected chi connectivity index (χ0v) is 16.7. The van der Waals surface area contributed by atoms with Gasteiger partial charge in [0, 0.05) is 27.5 Å². The number of benzene rings is 1. The molecule has 1 amide bonds. The number of carbonyl (C=O) groups excluding carboxylic acids is 2. The highest BCUT2D eigenvalue weighted by Gasteiger charge is 2.11. The number of amides is 1. The van der Waals surface area contributed by atoms with Gasteiger partial charge in [0.1, 0.15) is 0 Å². The van der Waals surface area contributed by atoms with Crippen molar-refractivity contribution in [3.05, 3.63) is 75.2 Å². The highest BCUT2D eigenvalue weighted by Crippen LogP contribution is 2.20. The molecule has 6 nitrogen and oxygen atoms in total. The van der Waals surface area contributed by atoms with Gasteiger partial charge < -0.3 is 9.30 Å². The molecule has 2 heterocycles. The first-order valence-electron chi connectivity index (χ1n) is 8.71. The molecule has 0 aliphatic heterocycles. The lowest BCUT2D eigenvalue weighted by Crippen LogP contribution is -2.19. The highest BCUT2D eigenvalue weighted by molar-refractivity contribution is 7.10. The molecule has 28 heavy (non-hydrogen) atoms. The van der Waals surface area contributed by atoms with E-state index >= 15 is 0 Å². The summed E-state index contributed by atoms with van der Waals surface area (Å²) in [5.74, 6) is -0.510. The second-order valence-electron chi connectivity index (χ2n) is 6.25. The summed E-state index contributed by atoms with van der Waals surface area (Å²) in [6, 6.07) is 13.1. The van der Waals surface area contributed by atoms with E-state index in [-0.39, 0.29) is 11.9 Å². The molecule has 1 N–H and O–H groups in total. The van der Waals surface area contributed by atoms with Gasteiger partial charge in [-0.15, -0.1) is 11.3 Å². The molecule has 144 valence electrons. The predicted octanol–water partition coefficient (Wildman–Crippen LogP) is 3.64. The van der Waals surface area contributed by atoms with Crippen LogP contribution in [0.4, 0.5) is 0 Å². The number of aryl methyl sites for hydroxylation is 1.